The summed E-state index contributed by atoms with van der Waals surface area (Å²) < 4.78 is 5.45. The lowest BCUT2D eigenvalue weighted by Gasteiger charge is -2.21. The van der Waals surface area contributed by atoms with E-state index in [-0.39, 0.29) is 0 Å². The van der Waals surface area contributed by atoms with Crippen molar-refractivity contribution < 1.29 is 4.74 Å². The van der Waals surface area contributed by atoms with E-state index < -0.39 is 0 Å². The van der Waals surface area contributed by atoms with Gasteiger partial charge in [-0.2, -0.15) is 0 Å². The number of thiophene rings is 1. The van der Waals surface area contributed by atoms with E-state index in [1.165, 1.54) is 29.7 Å². The molecule has 3 rings (SSSR count). The minimum atomic E-state index is 0.679. The van der Waals surface area contributed by atoms with Crippen LogP contribution in [-0.2, 0) is 4.74 Å². The molecular formula is C22H35N3OS. The van der Waals surface area contributed by atoms with Crippen LogP contribution in [0, 0.1) is 12.8 Å². The molecule has 1 aromatic heterocycles. The third kappa shape index (κ3) is 6.89. The first-order valence-corrected chi connectivity index (χ1v) is 11.2. The SMILES string of the molecule is CC.COC1=NCCCN=C1CN1CCCC(/C=C/c2sccc2C)CC1. The normalized spacial score (nSPS) is 21.6. The van der Waals surface area contributed by atoms with Crippen molar-refractivity contribution in [3.05, 3.63) is 28.0 Å². The number of rotatable bonds is 4. The maximum Gasteiger partial charge on any atom is 0.231 e. The summed E-state index contributed by atoms with van der Waals surface area (Å²) in [6, 6.07) is 2.20. The van der Waals surface area contributed by atoms with Crippen LogP contribution in [-0.4, -0.2) is 56.3 Å². The maximum atomic E-state index is 5.45. The number of nitrogens with zero attached hydrogens (tertiary/aromatic N) is 3. The highest BCUT2D eigenvalue weighted by molar-refractivity contribution is 7.11. The average molecular weight is 390 g/mol. The van der Waals surface area contributed by atoms with E-state index in [1.807, 2.05) is 25.2 Å². The molecule has 150 valence electrons. The third-order valence-electron chi connectivity index (χ3n) is 4.97. The molecule has 0 aliphatic carbocycles. The van der Waals surface area contributed by atoms with Crippen LogP contribution in [0.2, 0.25) is 0 Å². The summed E-state index contributed by atoms with van der Waals surface area (Å²) in [5, 5.41) is 2.17. The summed E-state index contributed by atoms with van der Waals surface area (Å²) in [5.41, 5.74) is 2.41. The van der Waals surface area contributed by atoms with Gasteiger partial charge in [0.05, 0.1) is 7.11 Å². The Labute approximate surface area is 169 Å². The van der Waals surface area contributed by atoms with Crippen molar-refractivity contribution in [1.82, 2.24) is 4.90 Å². The van der Waals surface area contributed by atoms with Crippen molar-refractivity contribution in [2.24, 2.45) is 15.9 Å². The van der Waals surface area contributed by atoms with E-state index >= 15 is 0 Å². The molecule has 4 nitrogen and oxygen atoms in total. The molecule has 0 spiro atoms. The number of hydrogen-bond donors (Lipinski definition) is 0. The zero-order valence-corrected chi connectivity index (χ0v) is 18.2. The van der Waals surface area contributed by atoms with Gasteiger partial charge in [-0.05, 0) is 74.7 Å². The van der Waals surface area contributed by atoms with Gasteiger partial charge in [0.25, 0.3) is 0 Å². The molecule has 27 heavy (non-hydrogen) atoms. The van der Waals surface area contributed by atoms with Gasteiger partial charge in [-0.25, -0.2) is 0 Å². The summed E-state index contributed by atoms with van der Waals surface area (Å²) in [6.45, 7) is 11.0. The van der Waals surface area contributed by atoms with Crippen LogP contribution >= 0.6 is 11.3 Å². The van der Waals surface area contributed by atoms with Gasteiger partial charge in [0.2, 0.25) is 5.90 Å². The molecule has 0 N–H and O–H groups in total. The molecule has 3 heterocycles. The fraction of sp³-hybridized carbons (Fsp3) is 0.636. The van der Waals surface area contributed by atoms with Gasteiger partial charge >= 0.3 is 0 Å². The van der Waals surface area contributed by atoms with Gasteiger partial charge in [0.15, 0.2) is 0 Å². The zero-order valence-electron chi connectivity index (χ0n) is 17.4. The van der Waals surface area contributed by atoms with Crippen LogP contribution in [0.25, 0.3) is 6.08 Å². The second-order valence-corrected chi connectivity index (χ2v) is 7.81. The topological polar surface area (TPSA) is 37.2 Å². The van der Waals surface area contributed by atoms with Gasteiger partial charge in [-0.3, -0.25) is 14.9 Å². The van der Waals surface area contributed by atoms with Crippen LogP contribution in [0.15, 0.2) is 27.5 Å². The van der Waals surface area contributed by atoms with E-state index in [2.05, 4.69) is 40.4 Å². The monoisotopic (exact) mass is 389 g/mol. The Morgan fingerprint density at radius 2 is 2.00 bits per heavy atom. The first-order chi connectivity index (χ1) is 13.3. The van der Waals surface area contributed by atoms with E-state index in [0.29, 0.717) is 5.92 Å². The second-order valence-electron chi connectivity index (χ2n) is 6.87. The molecule has 1 fully saturated rings. The van der Waals surface area contributed by atoms with E-state index in [0.717, 1.165) is 50.8 Å². The molecule has 5 heteroatoms. The Kier molecular flexibility index (Phi) is 9.78. The predicted octanol–water partition coefficient (Wildman–Crippen LogP) is 5.09. The number of aliphatic imine (C=N–C) groups is 2. The lowest BCUT2D eigenvalue weighted by Crippen LogP contribution is -2.35. The van der Waals surface area contributed by atoms with Crippen molar-refractivity contribution in [3.8, 4) is 0 Å². The minimum Gasteiger partial charge on any atom is -0.480 e. The first-order valence-electron chi connectivity index (χ1n) is 10.3. The number of allylic oxidation sites excluding steroid dienone is 1. The van der Waals surface area contributed by atoms with Gasteiger partial charge < -0.3 is 4.74 Å². The number of hydrogen-bond acceptors (Lipinski definition) is 5. The van der Waals surface area contributed by atoms with Crippen LogP contribution in [0.1, 0.15) is 50.0 Å². The van der Waals surface area contributed by atoms with Crippen molar-refractivity contribution in [3.63, 3.8) is 0 Å². The van der Waals surface area contributed by atoms with Gasteiger partial charge in [-0.1, -0.05) is 19.9 Å². The molecular weight excluding hydrogens is 354 g/mol. The molecule has 1 aromatic rings. The van der Waals surface area contributed by atoms with Crippen molar-refractivity contribution >= 4 is 29.0 Å². The summed E-state index contributed by atoms with van der Waals surface area (Å²) in [7, 11) is 1.70. The highest BCUT2D eigenvalue weighted by atomic mass is 32.1. The van der Waals surface area contributed by atoms with Crippen molar-refractivity contribution in [2.75, 3.05) is 39.8 Å². The summed E-state index contributed by atoms with van der Waals surface area (Å²) >= 11 is 1.83. The zero-order chi connectivity index (χ0) is 19.5. The molecule has 0 amide bonds. The first kappa shape index (κ1) is 21.8. The number of methoxy groups -OCH3 is 1. The standard InChI is InChI=1S/C20H29N3OS.C2H6/c1-16-9-14-25-19(16)7-6-17-5-3-12-23(13-8-17)15-18-20(24-2)22-11-4-10-21-18;1-2/h6-7,9,14,17H,3-5,8,10-13,15H2,1-2H3;1-2H3/b7-6+;. The summed E-state index contributed by atoms with van der Waals surface area (Å²) in [5.74, 6) is 1.42. The smallest absolute Gasteiger partial charge is 0.231 e. The van der Waals surface area contributed by atoms with Crippen molar-refractivity contribution in [1.29, 1.82) is 0 Å². The van der Waals surface area contributed by atoms with Crippen molar-refractivity contribution in [2.45, 2.75) is 46.5 Å². The highest BCUT2D eigenvalue weighted by Crippen LogP contribution is 2.23. The van der Waals surface area contributed by atoms with E-state index in [9.17, 15) is 0 Å². The molecule has 2 aliphatic heterocycles. The third-order valence-corrected chi connectivity index (χ3v) is 5.96. The fourth-order valence-electron chi connectivity index (χ4n) is 3.45. The van der Waals surface area contributed by atoms with Crippen LogP contribution < -0.4 is 0 Å². The summed E-state index contributed by atoms with van der Waals surface area (Å²) in [4.78, 5) is 13.1. The maximum absolute atomic E-state index is 5.45. The van der Waals surface area contributed by atoms with E-state index in [1.54, 1.807) is 7.11 Å². The molecule has 0 radical (unpaired) electrons. The largest absolute Gasteiger partial charge is 0.480 e. The van der Waals surface area contributed by atoms with Crippen LogP contribution in [0.3, 0.4) is 0 Å². The molecule has 0 aromatic carbocycles. The Bertz CT molecular complexity index is 648. The second kappa shape index (κ2) is 12.1. The molecule has 1 unspecified atom stereocenters. The highest BCUT2D eigenvalue weighted by Gasteiger charge is 2.20. The van der Waals surface area contributed by atoms with Crippen LogP contribution in [0.4, 0.5) is 0 Å². The predicted molar refractivity (Wildman–Crippen MR) is 119 cm³/mol. The average Bonchev–Trinajstić information content (AvgIpc) is 2.89. The fourth-order valence-corrected chi connectivity index (χ4v) is 4.28. The minimum absolute atomic E-state index is 0.679. The van der Waals surface area contributed by atoms with Crippen LogP contribution in [0.5, 0.6) is 0 Å². The lowest BCUT2D eigenvalue weighted by molar-refractivity contribution is 0.320. The van der Waals surface area contributed by atoms with Gasteiger partial charge in [0.1, 0.15) is 5.71 Å². The molecule has 1 saturated heterocycles. The van der Waals surface area contributed by atoms with Gasteiger partial charge in [0, 0.05) is 24.5 Å². The van der Waals surface area contributed by atoms with Gasteiger partial charge in [-0.15, -0.1) is 11.3 Å². The molecule has 0 saturated carbocycles. The molecule has 0 bridgehead atoms. The number of aryl methyl sites for hydroxylation is 1. The van der Waals surface area contributed by atoms with E-state index in [4.69, 9.17) is 9.73 Å². The Hall–Kier alpha value is -1.46. The summed E-state index contributed by atoms with van der Waals surface area (Å²) in [6.07, 6.45) is 9.50. The Balaban J connectivity index is 0.00000126. The quantitative estimate of drug-likeness (QED) is 0.719. The molecule has 2 aliphatic rings. The number of ether oxygens (including phenoxy) is 1. The number of likely N-dealkylation sites (tertiary alicyclic amines) is 1. The Morgan fingerprint density at radius 1 is 1.19 bits per heavy atom. The Morgan fingerprint density at radius 3 is 2.74 bits per heavy atom. The molecule has 1 atom stereocenters. The lowest BCUT2D eigenvalue weighted by atomic mass is 10.00.